The molecule has 2 aliphatic heterocycles. The second-order valence-electron chi connectivity index (χ2n) is 6.95. The molecule has 144 valence electrons. The van der Waals surface area contributed by atoms with E-state index in [1.165, 1.54) is 6.42 Å². The Labute approximate surface area is 156 Å². The van der Waals surface area contributed by atoms with Crippen molar-refractivity contribution in [3.8, 4) is 5.75 Å². The van der Waals surface area contributed by atoms with Gasteiger partial charge < -0.3 is 19.7 Å². The molecule has 3 rings (SSSR count). The van der Waals surface area contributed by atoms with Crippen LogP contribution in [0.3, 0.4) is 0 Å². The van der Waals surface area contributed by atoms with E-state index in [2.05, 4.69) is 10.2 Å². The van der Waals surface area contributed by atoms with Crippen LogP contribution in [0.5, 0.6) is 5.75 Å². The van der Waals surface area contributed by atoms with Gasteiger partial charge in [-0.15, -0.1) is 0 Å². The highest BCUT2D eigenvalue weighted by Gasteiger charge is 2.27. The van der Waals surface area contributed by atoms with E-state index in [0.29, 0.717) is 12.6 Å². The first-order valence-corrected chi connectivity index (χ1v) is 9.87. The molecule has 0 saturated carbocycles. The lowest BCUT2D eigenvalue weighted by molar-refractivity contribution is 0.0329. The highest BCUT2D eigenvalue weighted by atomic mass is 16.5. The van der Waals surface area contributed by atoms with Crippen molar-refractivity contribution in [2.24, 2.45) is 0 Å². The number of nitrogens with one attached hydrogen (secondary N) is 1. The van der Waals surface area contributed by atoms with Gasteiger partial charge in [-0.1, -0.05) is 12.1 Å². The number of hydrogen-bond acceptors (Lipinski definition) is 4. The number of carbonyl (C=O) groups is 1. The first-order chi connectivity index (χ1) is 12.8. The molecule has 26 heavy (non-hydrogen) atoms. The van der Waals surface area contributed by atoms with Gasteiger partial charge in [0.15, 0.2) is 0 Å². The second kappa shape index (κ2) is 9.78. The Kier molecular flexibility index (Phi) is 7.14. The summed E-state index contributed by atoms with van der Waals surface area (Å²) in [6, 6.07) is 7.94. The first kappa shape index (κ1) is 19.0. The monoisotopic (exact) mass is 361 g/mol. The third-order valence-corrected chi connectivity index (χ3v) is 5.20. The fourth-order valence-electron chi connectivity index (χ4n) is 3.76. The maximum atomic E-state index is 12.9. The van der Waals surface area contributed by atoms with E-state index in [4.69, 9.17) is 9.47 Å². The summed E-state index contributed by atoms with van der Waals surface area (Å²) in [5.41, 5.74) is 0.747. The number of hydrogen-bond donors (Lipinski definition) is 1. The van der Waals surface area contributed by atoms with Crippen LogP contribution in [0, 0.1) is 0 Å². The summed E-state index contributed by atoms with van der Waals surface area (Å²) in [4.78, 5) is 17.4. The standard InChI is InChI=1S/C20H31N3O3/c1-2-26-19-9-4-3-8-18(19)21-20(24)23-11-6-5-7-17(23)10-12-22-13-15-25-16-14-22/h3-4,8-9,17H,2,5-7,10-16H2,1H3,(H,21,24)/t17-/m0/s1. The van der Waals surface area contributed by atoms with Crippen LogP contribution in [0.2, 0.25) is 0 Å². The van der Waals surface area contributed by atoms with Crippen molar-refractivity contribution in [1.29, 1.82) is 0 Å². The van der Waals surface area contributed by atoms with E-state index in [0.717, 1.165) is 70.1 Å². The zero-order chi connectivity index (χ0) is 18.2. The van der Waals surface area contributed by atoms with Crippen LogP contribution >= 0.6 is 0 Å². The van der Waals surface area contributed by atoms with Crippen molar-refractivity contribution in [2.75, 3.05) is 51.3 Å². The zero-order valence-corrected chi connectivity index (χ0v) is 15.8. The van der Waals surface area contributed by atoms with E-state index in [9.17, 15) is 4.79 Å². The molecule has 1 atom stereocenters. The highest BCUT2D eigenvalue weighted by molar-refractivity contribution is 5.91. The van der Waals surface area contributed by atoms with Crippen LogP contribution in [0.4, 0.5) is 10.5 Å². The number of anilines is 1. The number of nitrogens with zero attached hydrogens (tertiary/aromatic N) is 2. The first-order valence-electron chi connectivity index (χ1n) is 9.87. The minimum Gasteiger partial charge on any atom is -0.492 e. The molecule has 1 aromatic rings. The minimum absolute atomic E-state index is 0.0103. The lowest BCUT2D eigenvalue weighted by atomic mass is 9.99. The number of benzene rings is 1. The molecule has 2 fully saturated rings. The van der Waals surface area contributed by atoms with E-state index >= 15 is 0 Å². The van der Waals surface area contributed by atoms with Crippen molar-refractivity contribution < 1.29 is 14.3 Å². The van der Waals surface area contributed by atoms with Gasteiger partial charge in [0, 0.05) is 32.2 Å². The van der Waals surface area contributed by atoms with E-state index in [-0.39, 0.29) is 6.03 Å². The second-order valence-corrected chi connectivity index (χ2v) is 6.95. The summed E-state index contributed by atoms with van der Waals surface area (Å²) in [5.74, 6) is 0.727. The molecular formula is C20H31N3O3. The minimum atomic E-state index is -0.0103. The predicted octanol–water partition coefficient (Wildman–Crippen LogP) is 3.19. The van der Waals surface area contributed by atoms with Crippen LogP contribution in [0.15, 0.2) is 24.3 Å². The normalized spacial score (nSPS) is 21.4. The molecule has 1 aromatic carbocycles. The number of ether oxygens (including phenoxy) is 2. The molecule has 6 heteroatoms. The van der Waals surface area contributed by atoms with Gasteiger partial charge in [0.25, 0.3) is 0 Å². The van der Waals surface area contributed by atoms with Gasteiger partial charge in [-0.2, -0.15) is 0 Å². The van der Waals surface area contributed by atoms with Crippen LogP contribution in [-0.4, -0.2) is 67.9 Å². The summed E-state index contributed by atoms with van der Waals surface area (Å²) in [6.45, 7) is 8.04. The van der Waals surface area contributed by atoms with Gasteiger partial charge in [0.1, 0.15) is 5.75 Å². The lowest BCUT2D eigenvalue weighted by Gasteiger charge is -2.37. The summed E-state index contributed by atoms with van der Waals surface area (Å²) >= 11 is 0. The third kappa shape index (κ3) is 5.11. The lowest BCUT2D eigenvalue weighted by Crippen LogP contribution is -2.48. The Bertz CT molecular complexity index is 575. The molecule has 0 spiro atoms. The highest BCUT2D eigenvalue weighted by Crippen LogP contribution is 2.26. The maximum absolute atomic E-state index is 12.9. The number of morpholine rings is 1. The molecule has 2 aliphatic rings. The number of para-hydroxylation sites is 2. The smallest absolute Gasteiger partial charge is 0.322 e. The molecule has 2 saturated heterocycles. The molecule has 0 aromatic heterocycles. The molecule has 6 nitrogen and oxygen atoms in total. The van der Waals surface area contributed by atoms with Crippen LogP contribution in [0.25, 0.3) is 0 Å². The zero-order valence-electron chi connectivity index (χ0n) is 15.8. The number of piperidine rings is 1. The van der Waals surface area contributed by atoms with Crippen molar-refractivity contribution in [3.63, 3.8) is 0 Å². The maximum Gasteiger partial charge on any atom is 0.322 e. The SMILES string of the molecule is CCOc1ccccc1NC(=O)N1CCCC[C@H]1CCN1CCOCC1. The van der Waals surface area contributed by atoms with Crippen molar-refractivity contribution in [2.45, 2.75) is 38.6 Å². The Balaban J connectivity index is 1.58. The van der Waals surface area contributed by atoms with Crippen molar-refractivity contribution >= 4 is 11.7 Å². The fraction of sp³-hybridized carbons (Fsp3) is 0.650. The molecule has 0 radical (unpaired) electrons. The van der Waals surface area contributed by atoms with Crippen LogP contribution in [0.1, 0.15) is 32.6 Å². The van der Waals surface area contributed by atoms with E-state index in [1.807, 2.05) is 36.1 Å². The van der Waals surface area contributed by atoms with E-state index in [1.54, 1.807) is 0 Å². The van der Waals surface area contributed by atoms with Crippen LogP contribution in [-0.2, 0) is 4.74 Å². The predicted molar refractivity (Wildman–Crippen MR) is 103 cm³/mol. The Morgan fingerprint density at radius 3 is 2.85 bits per heavy atom. The number of carbonyl (C=O) groups excluding carboxylic acids is 1. The van der Waals surface area contributed by atoms with Crippen LogP contribution < -0.4 is 10.1 Å². The van der Waals surface area contributed by atoms with Gasteiger partial charge >= 0.3 is 6.03 Å². The summed E-state index contributed by atoms with van der Waals surface area (Å²) < 4.78 is 11.0. The molecule has 0 aliphatic carbocycles. The van der Waals surface area contributed by atoms with Crippen molar-refractivity contribution in [1.82, 2.24) is 9.80 Å². The summed E-state index contributed by atoms with van der Waals surface area (Å²) in [7, 11) is 0. The molecule has 2 heterocycles. The van der Waals surface area contributed by atoms with Crippen molar-refractivity contribution in [3.05, 3.63) is 24.3 Å². The third-order valence-electron chi connectivity index (χ3n) is 5.20. The summed E-state index contributed by atoms with van der Waals surface area (Å²) in [5, 5.41) is 3.06. The average molecular weight is 361 g/mol. The molecular weight excluding hydrogens is 330 g/mol. The van der Waals surface area contributed by atoms with Gasteiger partial charge in [0.05, 0.1) is 25.5 Å². The molecule has 0 bridgehead atoms. The Morgan fingerprint density at radius 1 is 1.23 bits per heavy atom. The summed E-state index contributed by atoms with van der Waals surface area (Å²) in [6.07, 6.45) is 4.40. The van der Waals surface area contributed by atoms with Gasteiger partial charge in [-0.3, -0.25) is 4.90 Å². The number of rotatable bonds is 6. The Morgan fingerprint density at radius 2 is 2.04 bits per heavy atom. The van der Waals surface area contributed by atoms with Gasteiger partial charge in [0.2, 0.25) is 0 Å². The number of likely N-dealkylation sites (tertiary alicyclic amines) is 1. The number of amides is 2. The molecule has 0 unspecified atom stereocenters. The Hall–Kier alpha value is -1.79. The van der Waals surface area contributed by atoms with Gasteiger partial charge in [-0.05, 0) is 44.7 Å². The molecule has 1 N–H and O–H groups in total. The largest absolute Gasteiger partial charge is 0.492 e. The topological polar surface area (TPSA) is 54.0 Å². The average Bonchev–Trinajstić information content (AvgIpc) is 2.69. The van der Waals surface area contributed by atoms with Gasteiger partial charge in [-0.25, -0.2) is 4.79 Å². The molecule has 2 amide bonds. The fourth-order valence-corrected chi connectivity index (χ4v) is 3.76. The number of urea groups is 1. The quantitative estimate of drug-likeness (QED) is 0.845. The van der Waals surface area contributed by atoms with E-state index < -0.39 is 0 Å².